The van der Waals surface area contributed by atoms with Crippen molar-refractivity contribution < 1.29 is 4.79 Å². The first-order chi connectivity index (χ1) is 8.99. The fourth-order valence-electron chi connectivity index (χ4n) is 1.90. The van der Waals surface area contributed by atoms with Crippen LogP contribution in [0, 0.1) is 13.8 Å². The van der Waals surface area contributed by atoms with Crippen molar-refractivity contribution in [3.63, 3.8) is 0 Å². The molecule has 0 bridgehead atoms. The lowest BCUT2D eigenvalue weighted by Crippen LogP contribution is -2.26. The highest BCUT2D eigenvalue weighted by Gasteiger charge is 2.15. The van der Waals surface area contributed by atoms with Gasteiger partial charge in [0.1, 0.15) is 0 Å². The molecule has 0 unspecified atom stereocenters. The largest absolute Gasteiger partial charge is 0.345 e. The summed E-state index contributed by atoms with van der Waals surface area (Å²) in [7, 11) is 0. The number of thiophene rings is 1. The molecular weight excluding hydrogens is 278 g/mol. The summed E-state index contributed by atoms with van der Waals surface area (Å²) in [6, 6.07) is 9.53. The Balaban J connectivity index is 2.15. The third-order valence-electron chi connectivity index (χ3n) is 3.22. The summed E-state index contributed by atoms with van der Waals surface area (Å²) >= 11 is 7.40. The number of carbonyl (C=O) groups is 1. The van der Waals surface area contributed by atoms with Crippen LogP contribution in [0.25, 0.3) is 0 Å². The van der Waals surface area contributed by atoms with Gasteiger partial charge in [0.25, 0.3) is 5.91 Å². The summed E-state index contributed by atoms with van der Waals surface area (Å²) in [6.45, 7) is 5.94. The zero-order chi connectivity index (χ0) is 14.0. The summed E-state index contributed by atoms with van der Waals surface area (Å²) in [6.07, 6.45) is 0. The second-order valence-corrected chi connectivity index (χ2v) is 6.33. The smallest absolute Gasteiger partial charge is 0.252 e. The summed E-state index contributed by atoms with van der Waals surface area (Å²) < 4.78 is 0.739. The highest BCUT2D eigenvalue weighted by molar-refractivity contribution is 7.16. The molecule has 0 aliphatic rings. The van der Waals surface area contributed by atoms with E-state index in [0.29, 0.717) is 0 Å². The van der Waals surface area contributed by atoms with Gasteiger partial charge in [-0.25, -0.2) is 0 Å². The molecule has 0 fully saturated rings. The van der Waals surface area contributed by atoms with Gasteiger partial charge in [0.15, 0.2) is 0 Å². The van der Waals surface area contributed by atoms with Crippen molar-refractivity contribution in [1.29, 1.82) is 0 Å². The average molecular weight is 294 g/mol. The zero-order valence-corrected chi connectivity index (χ0v) is 12.7. The molecule has 1 amide bonds. The minimum Gasteiger partial charge on any atom is -0.345 e. The van der Waals surface area contributed by atoms with E-state index in [4.69, 9.17) is 11.6 Å². The van der Waals surface area contributed by atoms with Crippen LogP contribution in [0.5, 0.6) is 0 Å². The number of benzene rings is 1. The van der Waals surface area contributed by atoms with Gasteiger partial charge in [0, 0.05) is 10.4 Å². The van der Waals surface area contributed by atoms with Crippen molar-refractivity contribution in [2.75, 3.05) is 0 Å². The van der Waals surface area contributed by atoms with Crippen molar-refractivity contribution in [3.8, 4) is 0 Å². The molecule has 1 aromatic heterocycles. The van der Waals surface area contributed by atoms with Crippen LogP contribution in [0.2, 0.25) is 4.34 Å². The number of rotatable bonds is 3. The van der Waals surface area contributed by atoms with E-state index in [1.54, 1.807) is 0 Å². The van der Waals surface area contributed by atoms with Gasteiger partial charge in [-0.3, -0.25) is 4.79 Å². The first kappa shape index (κ1) is 14.1. The summed E-state index contributed by atoms with van der Waals surface area (Å²) in [5.74, 6) is -0.0433. The predicted octanol–water partition coefficient (Wildman–Crippen LogP) is 4.51. The van der Waals surface area contributed by atoms with Crippen molar-refractivity contribution >= 4 is 28.8 Å². The normalized spacial score (nSPS) is 12.2. The highest BCUT2D eigenvalue weighted by Crippen LogP contribution is 2.27. The maximum atomic E-state index is 12.3. The first-order valence-electron chi connectivity index (χ1n) is 6.11. The molecule has 0 saturated carbocycles. The Labute approximate surface area is 122 Å². The van der Waals surface area contributed by atoms with Gasteiger partial charge in [-0.1, -0.05) is 23.7 Å². The van der Waals surface area contributed by atoms with Crippen LogP contribution in [-0.2, 0) is 0 Å². The van der Waals surface area contributed by atoms with Crippen molar-refractivity contribution in [2.45, 2.75) is 26.8 Å². The van der Waals surface area contributed by atoms with Crippen molar-refractivity contribution in [1.82, 2.24) is 5.32 Å². The van der Waals surface area contributed by atoms with Crippen LogP contribution in [0.15, 0.2) is 30.3 Å². The lowest BCUT2D eigenvalue weighted by Gasteiger charge is -2.14. The number of hydrogen-bond donors (Lipinski definition) is 1. The van der Waals surface area contributed by atoms with E-state index in [-0.39, 0.29) is 11.9 Å². The third kappa shape index (κ3) is 3.17. The molecule has 0 radical (unpaired) electrons. The minimum atomic E-state index is -0.0433. The fourth-order valence-corrected chi connectivity index (χ4v) is 2.97. The maximum Gasteiger partial charge on any atom is 0.252 e. The number of carbonyl (C=O) groups excluding carboxylic acids is 1. The van der Waals surface area contributed by atoms with Crippen LogP contribution in [0.4, 0.5) is 0 Å². The third-order valence-corrected chi connectivity index (χ3v) is 4.63. The van der Waals surface area contributed by atoms with E-state index in [1.165, 1.54) is 11.3 Å². The van der Waals surface area contributed by atoms with Gasteiger partial charge in [0.2, 0.25) is 0 Å². The molecule has 2 aromatic rings. The Kier molecular flexibility index (Phi) is 4.27. The molecule has 0 aliphatic carbocycles. The maximum absolute atomic E-state index is 12.3. The average Bonchev–Trinajstić information content (AvgIpc) is 2.79. The first-order valence-corrected chi connectivity index (χ1v) is 7.31. The number of halogens is 1. The van der Waals surface area contributed by atoms with Gasteiger partial charge < -0.3 is 5.32 Å². The Morgan fingerprint density at radius 3 is 2.63 bits per heavy atom. The molecule has 100 valence electrons. The van der Waals surface area contributed by atoms with Crippen LogP contribution < -0.4 is 5.32 Å². The Morgan fingerprint density at radius 2 is 2.00 bits per heavy atom. The lowest BCUT2D eigenvalue weighted by molar-refractivity contribution is 0.0940. The molecule has 4 heteroatoms. The summed E-state index contributed by atoms with van der Waals surface area (Å²) in [4.78, 5) is 13.3. The van der Waals surface area contributed by atoms with Gasteiger partial charge in [0.05, 0.1) is 10.4 Å². The van der Waals surface area contributed by atoms with Crippen LogP contribution in [-0.4, -0.2) is 5.91 Å². The quantitative estimate of drug-likeness (QED) is 0.886. The second kappa shape index (κ2) is 5.76. The molecule has 1 atom stereocenters. The van der Waals surface area contributed by atoms with Gasteiger partial charge in [-0.15, -0.1) is 11.3 Å². The summed E-state index contributed by atoms with van der Waals surface area (Å²) in [5.41, 5.74) is 2.88. The molecule has 1 N–H and O–H groups in total. The molecule has 0 saturated heterocycles. The monoisotopic (exact) mass is 293 g/mol. The number of hydrogen-bond acceptors (Lipinski definition) is 2. The van der Waals surface area contributed by atoms with E-state index < -0.39 is 0 Å². The summed E-state index contributed by atoms with van der Waals surface area (Å²) in [5, 5.41) is 3.01. The van der Waals surface area contributed by atoms with Crippen LogP contribution in [0.1, 0.15) is 39.3 Å². The SMILES string of the molecule is Cc1cccc(C(=O)N[C@@H](C)c2ccc(Cl)s2)c1C. The number of amides is 1. The van der Waals surface area contributed by atoms with E-state index in [1.807, 2.05) is 51.1 Å². The molecule has 2 nitrogen and oxygen atoms in total. The Morgan fingerprint density at radius 1 is 1.26 bits per heavy atom. The lowest BCUT2D eigenvalue weighted by atomic mass is 10.0. The molecule has 19 heavy (non-hydrogen) atoms. The predicted molar refractivity (Wildman–Crippen MR) is 81.1 cm³/mol. The molecule has 1 aromatic carbocycles. The number of nitrogens with one attached hydrogen (secondary N) is 1. The molecular formula is C15H16ClNOS. The van der Waals surface area contributed by atoms with Gasteiger partial charge in [-0.2, -0.15) is 0 Å². The van der Waals surface area contributed by atoms with Crippen LogP contribution >= 0.6 is 22.9 Å². The molecule has 2 rings (SSSR count). The van der Waals surface area contributed by atoms with Crippen molar-refractivity contribution in [3.05, 3.63) is 56.2 Å². The van der Waals surface area contributed by atoms with Gasteiger partial charge in [-0.05, 0) is 50.1 Å². The fraction of sp³-hybridized carbons (Fsp3) is 0.267. The van der Waals surface area contributed by atoms with E-state index >= 15 is 0 Å². The van der Waals surface area contributed by atoms with Crippen molar-refractivity contribution in [2.24, 2.45) is 0 Å². The van der Waals surface area contributed by atoms with E-state index in [0.717, 1.165) is 25.9 Å². The second-order valence-electron chi connectivity index (χ2n) is 4.58. The molecule has 1 heterocycles. The Hall–Kier alpha value is -1.32. The zero-order valence-electron chi connectivity index (χ0n) is 11.2. The van der Waals surface area contributed by atoms with E-state index in [9.17, 15) is 4.79 Å². The number of aryl methyl sites for hydroxylation is 1. The van der Waals surface area contributed by atoms with Gasteiger partial charge >= 0.3 is 0 Å². The minimum absolute atomic E-state index is 0.0371. The highest BCUT2D eigenvalue weighted by atomic mass is 35.5. The van der Waals surface area contributed by atoms with E-state index in [2.05, 4.69) is 5.32 Å². The molecule has 0 spiro atoms. The van der Waals surface area contributed by atoms with Crippen LogP contribution in [0.3, 0.4) is 0 Å². The Bertz CT molecular complexity index is 606. The topological polar surface area (TPSA) is 29.1 Å². The standard InChI is InChI=1S/C15H16ClNOS/c1-9-5-4-6-12(10(9)2)15(18)17-11(3)13-7-8-14(16)19-13/h4-8,11H,1-3H3,(H,17,18)/t11-/m0/s1. The molecule has 0 aliphatic heterocycles.